The van der Waals surface area contributed by atoms with Crippen molar-refractivity contribution in [1.29, 1.82) is 0 Å². The lowest BCUT2D eigenvalue weighted by Gasteiger charge is -2.22. The van der Waals surface area contributed by atoms with Gasteiger partial charge in [-0.3, -0.25) is 14.9 Å². The topological polar surface area (TPSA) is 187 Å². The fourth-order valence-electron chi connectivity index (χ4n) is 7.35. The molecule has 4 aromatic carbocycles. The van der Waals surface area contributed by atoms with Crippen LogP contribution in [0, 0.1) is 45.9 Å². The highest BCUT2D eigenvalue weighted by Crippen LogP contribution is 2.60. The summed E-state index contributed by atoms with van der Waals surface area (Å²) in [4.78, 5) is 52.2. The molecule has 1 saturated carbocycles. The smallest absolute Gasteiger partial charge is 0.461 e. The van der Waals surface area contributed by atoms with E-state index in [-0.39, 0.29) is 18.3 Å². The summed E-state index contributed by atoms with van der Waals surface area (Å²) in [5.74, 6) is -6.39. The number of esters is 1. The molecule has 0 spiro atoms. The zero-order valence-corrected chi connectivity index (χ0v) is 42.6. The number of urea groups is 1. The molecule has 1 aromatic heterocycles. The number of halogens is 14. The predicted octanol–water partition coefficient (Wildman–Crippen LogP) is 12.7. The van der Waals surface area contributed by atoms with Crippen molar-refractivity contribution < 1.29 is 81.9 Å². The van der Waals surface area contributed by atoms with E-state index in [0.29, 0.717) is 30.9 Å². The average Bonchev–Trinajstić information content (AvgIpc) is 3.64. The van der Waals surface area contributed by atoms with E-state index in [1.165, 1.54) is 0 Å². The van der Waals surface area contributed by atoms with Crippen LogP contribution in [0.3, 0.4) is 0 Å². The third-order valence-electron chi connectivity index (χ3n) is 11.3. The highest BCUT2D eigenvalue weighted by molar-refractivity contribution is 6.32. The molecular weight excluding hydrogens is 1130 g/mol. The van der Waals surface area contributed by atoms with Crippen LogP contribution in [0.15, 0.2) is 119 Å². The number of anilines is 1. The molecule has 1 saturated heterocycles. The molecule has 2 aliphatic rings. The number of ether oxygens (including phenoxy) is 3. The highest BCUT2D eigenvalue weighted by Gasteiger charge is 2.62. The second kappa shape index (κ2) is 25.9. The molecule has 0 radical (unpaired) electrons. The Morgan fingerprint density at radius 3 is 2.19 bits per heavy atom. The van der Waals surface area contributed by atoms with E-state index in [0.717, 1.165) is 64.2 Å². The second-order valence-electron chi connectivity index (χ2n) is 17.1. The Labute approximate surface area is 450 Å². The van der Waals surface area contributed by atoms with Crippen molar-refractivity contribution in [1.82, 2.24) is 20.5 Å². The molecule has 3 atom stereocenters. The minimum atomic E-state index is -5.71. The van der Waals surface area contributed by atoms with Gasteiger partial charge in [-0.25, -0.2) is 37.8 Å². The molecule has 1 aliphatic heterocycles. The summed E-state index contributed by atoms with van der Waals surface area (Å²) in [6, 6.07) is 22.6. The van der Waals surface area contributed by atoms with Gasteiger partial charge in [0.15, 0.2) is 5.03 Å². The number of amides is 3. The van der Waals surface area contributed by atoms with E-state index < -0.39 is 98.2 Å². The van der Waals surface area contributed by atoms with Crippen LogP contribution >= 0.6 is 34.8 Å². The Hall–Kier alpha value is -7.29. The van der Waals surface area contributed by atoms with Gasteiger partial charge in [-0.1, -0.05) is 115 Å². The second-order valence-corrected chi connectivity index (χ2v) is 18.3. The van der Waals surface area contributed by atoms with Gasteiger partial charge in [0.1, 0.15) is 44.8 Å². The molecule has 3 unspecified atom stereocenters. The van der Waals surface area contributed by atoms with E-state index in [4.69, 9.17) is 39.5 Å². The molecule has 3 N–H and O–H groups in total. The highest BCUT2D eigenvalue weighted by atomic mass is 35.5. The van der Waals surface area contributed by atoms with Crippen molar-refractivity contribution in [3.05, 3.63) is 169 Å². The van der Waals surface area contributed by atoms with Crippen LogP contribution in [0.5, 0.6) is 5.75 Å². The summed E-state index contributed by atoms with van der Waals surface area (Å²) >= 11 is 16.6. The zero-order chi connectivity index (χ0) is 57.9. The maximum atomic E-state index is 13.5. The van der Waals surface area contributed by atoms with E-state index >= 15 is 0 Å². The summed E-state index contributed by atoms with van der Waals surface area (Å²) in [6.45, 7) is 7.35. The maximum absolute atomic E-state index is 13.5. The van der Waals surface area contributed by atoms with Crippen molar-refractivity contribution in [3.63, 3.8) is 0 Å². The number of imide groups is 1. The molecule has 7 rings (SSSR count). The molecule has 0 bridgehead atoms. The van der Waals surface area contributed by atoms with Crippen molar-refractivity contribution in [3.8, 4) is 16.9 Å². The molecule has 78 heavy (non-hydrogen) atoms. The molecule has 29 heteroatoms. The summed E-state index contributed by atoms with van der Waals surface area (Å²) in [5.41, 5.74) is 2.95. The Balaban J connectivity index is 0.000000225. The number of nitrogens with one attached hydrogen (secondary N) is 3. The van der Waals surface area contributed by atoms with Gasteiger partial charge in [0.05, 0.1) is 10.9 Å². The van der Waals surface area contributed by atoms with Gasteiger partial charge in [-0.2, -0.15) is 22.0 Å². The van der Waals surface area contributed by atoms with E-state index in [1.807, 2.05) is 66.8 Å². The number of hydrogen-bond acceptors (Lipinski definition) is 9. The van der Waals surface area contributed by atoms with Crippen LogP contribution in [0.2, 0.25) is 10.2 Å². The number of nitrogens with zero attached hydrogens (tertiary/aromatic N) is 4. The lowest BCUT2D eigenvalue weighted by Crippen LogP contribution is -2.41. The van der Waals surface area contributed by atoms with Gasteiger partial charge in [0.2, 0.25) is 0 Å². The number of alkyl halides is 9. The molecule has 418 valence electrons. The number of hydrazone groups is 1. The number of guanidine groups is 1. The van der Waals surface area contributed by atoms with Crippen LogP contribution in [0.1, 0.15) is 40.9 Å². The van der Waals surface area contributed by atoms with Gasteiger partial charge >= 0.3 is 37.0 Å². The number of hydrogen-bond donors (Lipinski definition) is 3. The molecule has 5 aromatic rings. The largest absolute Gasteiger partial charge is 0.525 e. The number of allylic oxidation sites excluding steroid dienone is 2. The minimum Gasteiger partial charge on any atom is -0.461 e. The van der Waals surface area contributed by atoms with E-state index in [2.05, 4.69) is 24.9 Å². The number of pyridine rings is 1. The zero-order valence-electron chi connectivity index (χ0n) is 40.3. The predicted molar refractivity (Wildman–Crippen MR) is 261 cm³/mol. The van der Waals surface area contributed by atoms with Crippen molar-refractivity contribution >= 4 is 64.4 Å². The van der Waals surface area contributed by atoms with Crippen molar-refractivity contribution in [2.45, 2.75) is 58.9 Å². The first-order valence-electron chi connectivity index (χ1n) is 22.3. The third kappa shape index (κ3) is 17.4. The van der Waals surface area contributed by atoms with Crippen LogP contribution in [-0.4, -0.2) is 76.9 Å². The SMILES string of the molecule is Cc1c(COC(=O)C2C(/C=C(\Cl)C(F)(F)F)C2(C)C)cccc1-c1ccccc1.O=C(NC(=O)c1c(F)cccc1F)Nc1ccc(OC(F)(F)C(F)OC(F)(F)F)c(Cl)c1.O=[N+]([O-])/N=C1\NCCN1Cc1ccc(Cl)nc1. The standard InChI is InChI=1S/C23H22ClF3O2.C17H9ClF8N2O4.C9H10ClN5O2/c1-14-16(10-7-11-17(14)15-8-5-4-6-9-15)13-29-21(28)20-18(22(20,2)3)12-19(24)23(25,26)27;18-8-6-7(4-5-11(8)31-16(22,23)14(21)32-17(24,25)26)27-15(30)28-13(29)12-9(19)2-1-3-10(12)20;10-8-2-1-7(5-12-8)6-14-4-3-11-9(14)13-15(16)17/h4-12,18,20H,13H2,1-3H3;1-6,14H,(H2,27,28,29,30);1-2,5H,3-4,6H2,(H,11,13)/b19-12-;;. The fourth-order valence-corrected chi connectivity index (χ4v) is 7.82. The lowest BCUT2D eigenvalue weighted by atomic mass is 9.97. The Kier molecular flexibility index (Phi) is 20.4. The van der Waals surface area contributed by atoms with Gasteiger partial charge in [0.25, 0.3) is 11.9 Å². The first kappa shape index (κ1) is 61.6. The lowest BCUT2D eigenvalue weighted by molar-refractivity contribution is -0.485. The van der Waals surface area contributed by atoms with E-state index in [9.17, 15) is 72.8 Å². The minimum absolute atomic E-state index is 0.0708. The number of carbonyl (C=O) groups is 3. The monoisotopic (exact) mass is 1170 g/mol. The number of nitro groups is 1. The van der Waals surface area contributed by atoms with Gasteiger partial charge in [-0.05, 0) is 82.5 Å². The Morgan fingerprint density at radius 2 is 1.60 bits per heavy atom. The van der Waals surface area contributed by atoms with Crippen LogP contribution in [0.25, 0.3) is 11.1 Å². The van der Waals surface area contributed by atoms with Crippen molar-refractivity contribution in [2.24, 2.45) is 22.4 Å². The van der Waals surface area contributed by atoms with Crippen LogP contribution < -0.4 is 20.7 Å². The third-order valence-corrected chi connectivity index (χ3v) is 12.2. The normalized spacial score (nSPS) is 16.8. The van der Waals surface area contributed by atoms with Gasteiger partial charge in [0, 0.05) is 31.5 Å². The number of benzene rings is 4. The summed E-state index contributed by atoms with van der Waals surface area (Å²) in [7, 11) is 0. The average molecular weight is 1170 g/mol. The molecule has 1 aliphatic carbocycles. The fraction of sp³-hybridized carbons (Fsp3) is 0.286. The Bertz CT molecular complexity index is 3010. The number of rotatable bonds is 14. The number of aromatic nitrogens is 1. The summed E-state index contributed by atoms with van der Waals surface area (Å²) in [6.07, 6.45) is -17.1. The summed E-state index contributed by atoms with van der Waals surface area (Å²) < 4.78 is 153. The summed E-state index contributed by atoms with van der Waals surface area (Å²) in [5, 5.41) is 17.8. The first-order valence-corrected chi connectivity index (χ1v) is 23.4. The molecule has 2 heterocycles. The van der Waals surface area contributed by atoms with E-state index in [1.54, 1.807) is 36.3 Å². The van der Waals surface area contributed by atoms with Crippen LogP contribution in [-0.2, 0) is 27.4 Å². The first-order chi connectivity index (χ1) is 36.4. The molecular formula is C49H41Cl3F11N7O8. The molecule has 15 nitrogen and oxygen atoms in total. The molecule has 2 fully saturated rings. The molecule has 3 amide bonds. The maximum Gasteiger partial charge on any atom is 0.525 e. The number of carbonyl (C=O) groups excluding carboxylic acids is 3. The Morgan fingerprint density at radius 1 is 0.949 bits per heavy atom. The quantitative estimate of drug-likeness (QED) is 0.0316. The van der Waals surface area contributed by atoms with Crippen molar-refractivity contribution in [2.75, 3.05) is 18.4 Å². The van der Waals surface area contributed by atoms with Gasteiger partial charge < -0.3 is 25.0 Å². The van der Waals surface area contributed by atoms with Crippen LogP contribution in [0.4, 0.5) is 58.8 Å². The van der Waals surface area contributed by atoms with Gasteiger partial charge in [-0.15, -0.1) is 13.2 Å².